The topological polar surface area (TPSA) is 171 Å². The summed E-state index contributed by atoms with van der Waals surface area (Å²) < 4.78 is 23.8. The molecule has 0 saturated carbocycles. The highest BCUT2D eigenvalue weighted by molar-refractivity contribution is 5.69. The van der Waals surface area contributed by atoms with Gasteiger partial charge in [0.2, 0.25) is 0 Å². The van der Waals surface area contributed by atoms with Gasteiger partial charge >= 0.3 is 24.2 Å². The number of nitrogens with one attached hydrogen (secondary N) is 3. The van der Waals surface area contributed by atoms with Crippen molar-refractivity contribution in [2.75, 3.05) is 60.3 Å². The predicted molar refractivity (Wildman–Crippen MR) is 88.4 cm³/mol. The molecule has 0 spiro atoms. The highest BCUT2D eigenvalue weighted by atomic mass is 16.6. The van der Waals surface area contributed by atoms with Gasteiger partial charge in [0.25, 0.3) is 0 Å². The molecule has 13 heteroatoms. The molecule has 0 atom stereocenters. The zero-order valence-electron chi connectivity index (χ0n) is 15.1. The van der Waals surface area contributed by atoms with E-state index in [0.29, 0.717) is 0 Å². The van der Waals surface area contributed by atoms with Gasteiger partial charge in [-0.25, -0.2) is 19.2 Å². The van der Waals surface area contributed by atoms with Crippen molar-refractivity contribution in [2.45, 2.75) is 6.10 Å². The second kappa shape index (κ2) is 15.5. The number of methoxy groups -OCH3 is 2. The van der Waals surface area contributed by atoms with Crippen molar-refractivity contribution in [1.29, 1.82) is 0 Å². The fourth-order valence-corrected chi connectivity index (χ4v) is 1.49. The summed E-state index contributed by atoms with van der Waals surface area (Å²) in [5.74, 6) is -1.07. The summed E-state index contributed by atoms with van der Waals surface area (Å²) in [6.45, 7) is -0.0517. The highest BCUT2D eigenvalue weighted by Gasteiger charge is 2.17. The van der Waals surface area contributed by atoms with E-state index in [0.717, 1.165) is 0 Å². The lowest BCUT2D eigenvalue weighted by molar-refractivity contribution is -0.142. The maximum atomic E-state index is 11.7. The number of alkyl carbamates (subject to hydrolysis) is 3. The zero-order valence-corrected chi connectivity index (χ0v) is 15.1. The van der Waals surface area contributed by atoms with Gasteiger partial charge in [0.05, 0.1) is 47.1 Å². The van der Waals surface area contributed by atoms with Crippen LogP contribution in [0.4, 0.5) is 14.4 Å². The molecular weight excluding hydrogens is 370 g/mol. The average Bonchev–Trinajstić information content (AvgIpc) is 2.64. The molecule has 0 fully saturated rings. The van der Waals surface area contributed by atoms with E-state index in [1.165, 1.54) is 14.2 Å². The number of aliphatic carboxylic acids is 1. The molecule has 0 aromatic carbocycles. The van der Waals surface area contributed by atoms with Gasteiger partial charge < -0.3 is 44.7 Å². The molecule has 0 radical (unpaired) electrons. The summed E-state index contributed by atoms with van der Waals surface area (Å²) in [5.41, 5.74) is 0. The number of hydrogen-bond donors (Lipinski definition) is 4. The summed E-state index contributed by atoms with van der Waals surface area (Å²) in [6, 6.07) is 0. The quantitative estimate of drug-likeness (QED) is 0.222. The smallest absolute Gasteiger partial charge is 0.407 e. The normalized spacial score (nSPS) is 10.0. The Balaban J connectivity index is 4.02. The summed E-state index contributed by atoms with van der Waals surface area (Å²) in [5, 5.41) is 15.5. The van der Waals surface area contributed by atoms with Crippen molar-refractivity contribution in [3.05, 3.63) is 0 Å². The number of carbonyl (C=O) groups is 4. The van der Waals surface area contributed by atoms with Gasteiger partial charge in [-0.1, -0.05) is 0 Å². The van der Waals surface area contributed by atoms with Crippen LogP contribution in [0.15, 0.2) is 0 Å². The molecule has 0 bridgehead atoms. The van der Waals surface area contributed by atoms with Gasteiger partial charge in [0.1, 0.15) is 12.7 Å². The van der Waals surface area contributed by atoms with E-state index < -0.39 is 37.0 Å². The lowest BCUT2D eigenvalue weighted by Gasteiger charge is -2.18. The van der Waals surface area contributed by atoms with E-state index in [9.17, 15) is 19.2 Å². The van der Waals surface area contributed by atoms with Gasteiger partial charge in [-0.05, 0) is 0 Å². The van der Waals surface area contributed by atoms with Crippen LogP contribution in [0.3, 0.4) is 0 Å². The maximum absolute atomic E-state index is 11.7. The fourth-order valence-electron chi connectivity index (χ4n) is 1.49. The Bertz CT molecular complexity index is 454. The first-order chi connectivity index (χ1) is 12.9. The standard InChI is InChI=1S/C14H25N3O10/c1-23-12(20)16-7-10(8-17-13(21)24-2)27-14(22)15-3-4-25-5-6-26-9-11(18)19/h10H,3-9H2,1-2H3,(H,15,22)(H,16,20)(H,17,21)(H,18,19). The molecule has 3 amide bonds. The van der Waals surface area contributed by atoms with Crippen molar-refractivity contribution in [3.8, 4) is 0 Å². The largest absolute Gasteiger partial charge is 0.480 e. The van der Waals surface area contributed by atoms with E-state index in [-0.39, 0.29) is 39.5 Å². The number of rotatable bonds is 13. The van der Waals surface area contributed by atoms with Gasteiger partial charge in [-0.3, -0.25) is 0 Å². The molecule has 0 aliphatic heterocycles. The van der Waals surface area contributed by atoms with Gasteiger partial charge in [0, 0.05) is 6.54 Å². The van der Waals surface area contributed by atoms with Crippen LogP contribution in [0.1, 0.15) is 0 Å². The second-order valence-corrected chi connectivity index (χ2v) is 4.76. The molecule has 0 heterocycles. The number of hydrogen-bond acceptors (Lipinski definition) is 9. The first-order valence-electron chi connectivity index (χ1n) is 7.84. The van der Waals surface area contributed by atoms with Crippen LogP contribution in [-0.2, 0) is 28.5 Å². The van der Waals surface area contributed by atoms with Crippen LogP contribution in [0.5, 0.6) is 0 Å². The maximum Gasteiger partial charge on any atom is 0.407 e. The Morgan fingerprint density at radius 1 is 0.815 bits per heavy atom. The SMILES string of the molecule is COC(=O)NCC(CNC(=O)OC)OC(=O)NCCOCCOCC(=O)O. The molecular formula is C14H25N3O10. The second-order valence-electron chi connectivity index (χ2n) is 4.76. The third kappa shape index (κ3) is 15.2. The molecule has 0 aliphatic carbocycles. The third-order valence-corrected chi connectivity index (χ3v) is 2.71. The van der Waals surface area contributed by atoms with E-state index >= 15 is 0 Å². The van der Waals surface area contributed by atoms with Crippen LogP contribution >= 0.6 is 0 Å². The first kappa shape index (κ1) is 24.2. The van der Waals surface area contributed by atoms with E-state index in [4.69, 9.17) is 19.3 Å². The molecule has 0 aliphatic rings. The lowest BCUT2D eigenvalue weighted by atomic mass is 10.3. The Morgan fingerprint density at radius 2 is 1.37 bits per heavy atom. The fraction of sp³-hybridized carbons (Fsp3) is 0.714. The monoisotopic (exact) mass is 395 g/mol. The van der Waals surface area contributed by atoms with E-state index in [1.807, 2.05) is 0 Å². The molecule has 13 nitrogen and oxygen atoms in total. The molecule has 156 valence electrons. The zero-order chi connectivity index (χ0) is 20.5. The molecule has 0 unspecified atom stereocenters. The van der Waals surface area contributed by atoms with Crippen LogP contribution in [0.2, 0.25) is 0 Å². The first-order valence-corrected chi connectivity index (χ1v) is 7.84. The number of carboxylic acids is 1. The number of carbonyl (C=O) groups excluding carboxylic acids is 3. The van der Waals surface area contributed by atoms with Crippen molar-refractivity contribution in [3.63, 3.8) is 0 Å². The summed E-state index contributed by atoms with van der Waals surface area (Å²) >= 11 is 0. The molecule has 4 N–H and O–H groups in total. The van der Waals surface area contributed by atoms with Crippen LogP contribution in [0.25, 0.3) is 0 Å². The van der Waals surface area contributed by atoms with Gasteiger partial charge in [-0.2, -0.15) is 0 Å². The number of amides is 3. The number of ether oxygens (including phenoxy) is 5. The van der Waals surface area contributed by atoms with Crippen molar-refractivity contribution in [2.24, 2.45) is 0 Å². The Labute approximate surface area is 155 Å². The molecule has 0 rings (SSSR count). The van der Waals surface area contributed by atoms with Crippen LogP contribution in [-0.4, -0.2) is 95.7 Å². The number of carboxylic acid groups (broad SMARTS) is 1. The summed E-state index contributed by atoms with van der Waals surface area (Å²) in [6.07, 6.45) is -3.10. The third-order valence-electron chi connectivity index (χ3n) is 2.71. The minimum Gasteiger partial charge on any atom is -0.480 e. The predicted octanol–water partition coefficient (Wildman–Crippen LogP) is -1.09. The lowest BCUT2D eigenvalue weighted by Crippen LogP contribution is -2.44. The van der Waals surface area contributed by atoms with Crippen molar-refractivity contribution >= 4 is 24.2 Å². The van der Waals surface area contributed by atoms with Gasteiger partial charge in [0.15, 0.2) is 0 Å². The van der Waals surface area contributed by atoms with Gasteiger partial charge in [-0.15, -0.1) is 0 Å². The highest BCUT2D eigenvalue weighted by Crippen LogP contribution is 1.92. The van der Waals surface area contributed by atoms with E-state index in [1.54, 1.807) is 0 Å². The molecule has 0 aromatic rings. The molecule has 0 aromatic heterocycles. The average molecular weight is 395 g/mol. The minimum atomic E-state index is -1.07. The van der Waals surface area contributed by atoms with E-state index in [2.05, 4.69) is 25.4 Å². The van der Waals surface area contributed by atoms with Crippen LogP contribution < -0.4 is 16.0 Å². The Kier molecular flexibility index (Phi) is 13.9. The van der Waals surface area contributed by atoms with Crippen LogP contribution in [0, 0.1) is 0 Å². The minimum absolute atomic E-state index is 0.0957. The molecule has 0 saturated heterocycles. The van der Waals surface area contributed by atoms with Crippen molar-refractivity contribution < 1.29 is 48.0 Å². The molecule has 27 heavy (non-hydrogen) atoms. The summed E-state index contributed by atoms with van der Waals surface area (Å²) in [4.78, 5) is 44.1. The Morgan fingerprint density at radius 3 is 1.89 bits per heavy atom. The summed E-state index contributed by atoms with van der Waals surface area (Å²) in [7, 11) is 2.36. The van der Waals surface area contributed by atoms with Crippen molar-refractivity contribution in [1.82, 2.24) is 16.0 Å². The Hall–Kier alpha value is -2.80.